The van der Waals surface area contributed by atoms with Gasteiger partial charge in [-0.25, -0.2) is 8.78 Å². The average molecular weight is 294 g/mol. The molecule has 3 atom stereocenters. The molecular formula is C17H24F2N2. The molecule has 1 N–H and O–H groups in total. The van der Waals surface area contributed by atoms with Gasteiger partial charge in [-0.1, -0.05) is 13.0 Å². The van der Waals surface area contributed by atoms with E-state index < -0.39 is 11.6 Å². The zero-order chi connectivity index (χ0) is 15.0. The van der Waals surface area contributed by atoms with Gasteiger partial charge in [-0.05, 0) is 62.9 Å². The number of hydrogen-bond acceptors (Lipinski definition) is 2. The third kappa shape index (κ3) is 2.84. The summed E-state index contributed by atoms with van der Waals surface area (Å²) in [6, 6.07) is 5.77. The molecule has 2 aliphatic heterocycles. The highest BCUT2D eigenvalue weighted by Gasteiger charge is 2.41. The van der Waals surface area contributed by atoms with Gasteiger partial charge in [0.1, 0.15) is 0 Å². The van der Waals surface area contributed by atoms with Crippen LogP contribution in [0.4, 0.5) is 8.78 Å². The SMILES string of the molecule is CCNC(c1ccc(F)c(F)c1)C1CC2CCC(C1)N2C. The van der Waals surface area contributed by atoms with Crippen molar-refractivity contribution in [1.29, 1.82) is 0 Å². The maximum absolute atomic E-state index is 13.6. The molecule has 3 rings (SSSR count). The van der Waals surface area contributed by atoms with Gasteiger partial charge >= 0.3 is 0 Å². The maximum Gasteiger partial charge on any atom is 0.159 e. The van der Waals surface area contributed by atoms with Crippen molar-refractivity contribution in [2.45, 2.75) is 50.7 Å². The number of fused-ring (bicyclic) bond motifs is 2. The topological polar surface area (TPSA) is 15.3 Å². The highest BCUT2D eigenvalue weighted by atomic mass is 19.2. The van der Waals surface area contributed by atoms with Crippen LogP contribution in [0.15, 0.2) is 18.2 Å². The highest BCUT2D eigenvalue weighted by molar-refractivity contribution is 5.22. The lowest BCUT2D eigenvalue weighted by Gasteiger charge is -2.40. The Balaban J connectivity index is 1.83. The van der Waals surface area contributed by atoms with E-state index in [0.717, 1.165) is 24.9 Å². The summed E-state index contributed by atoms with van der Waals surface area (Å²) in [7, 11) is 2.22. The fourth-order valence-corrected chi connectivity index (χ4v) is 4.21. The first-order chi connectivity index (χ1) is 10.1. The first-order valence-electron chi connectivity index (χ1n) is 8.00. The van der Waals surface area contributed by atoms with Crippen molar-refractivity contribution >= 4 is 0 Å². The van der Waals surface area contributed by atoms with Crippen molar-refractivity contribution in [3.63, 3.8) is 0 Å². The Morgan fingerprint density at radius 3 is 2.43 bits per heavy atom. The fourth-order valence-electron chi connectivity index (χ4n) is 4.21. The Kier molecular flexibility index (Phi) is 4.27. The quantitative estimate of drug-likeness (QED) is 0.914. The molecule has 116 valence electrons. The molecule has 4 heteroatoms. The first-order valence-corrected chi connectivity index (χ1v) is 8.00. The zero-order valence-corrected chi connectivity index (χ0v) is 12.8. The van der Waals surface area contributed by atoms with Crippen LogP contribution < -0.4 is 5.32 Å². The second-order valence-electron chi connectivity index (χ2n) is 6.49. The molecule has 2 aliphatic rings. The van der Waals surface area contributed by atoms with Gasteiger partial charge in [0, 0.05) is 18.1 Å². The van der Waals surface area contributed by atoms with E-state index >= 15 is 0 Å². The Hall–Kier alpha value is -1.00. The minimum Gasteiger partial charge on any atom is -0.310 e. The number of nitrogens with one attached hydrogen (secondary N) is 1. The molecule has 2 saturated heterocycles. The molecule has 3 unspecified atom stereocenters. The second kappa shape index (κ2) is 6.01. The summed E-state index contributed by atoms with van der Waals surface area (Å²) >= 11 is 0. The second-order valence-corrected chi connectivity index (χ2v) is 6.49. The molecule has 0 saturated carbocycles. The van der Waals surface area contributed by atoms with Gasteiger partial charge in [-0.2, -0.15) is 0 Å². The van der Waals surface area contributed by atoms with Crippen LogP contribution in [0.3, 0.4) is 0 Å². The number of piperidine rings is 1. The molecule has 0 spiro atoms. The van der Waals surface area contributed by atoms with Crippen LogP contribution in [0.1, 0.15) is 44.2 Å². The van der Waals surface area contributed by atoms with Crippen molar-refractivity contribution < 1.29 is 8.78 Å². The van der Waals surface area contributed by atoms with Gasteiger partial charge in [0.2, 0.25) is 0 Å². The number of halogens is 2. The van der Waals surface area contributed by atoms with Crippen LogP contribution in [-0.2, 0) is 0 Å². The van der Waals surface area contributed by atoms with Crippen molar-refractivity contribution in [2.24, 2.45) is 5.92 Å². The van der Waals surface area contributed by atoms with E-state index in [1.54, 1.807) is 6.07 Å². The van der Waals surface area contributed by atoms with Crippen LogP contribution in [0.25, 0.3) is 0 Å². The lowest BCUT2D eigenvalue weighted by atomic mass is 9.82. The molecule has 21 heavy (non-hydrogen) atoms. The molecule has 2 bridgehead atoms. The van der Waals surface area contributed by atoms with Crippen molar-refractivity contribution in [3.05, 3.63) is 35.4 Å². The monoisotopic (exact) mass is 294 g/mol. The Morgan fingerprint density at radius 2 is 1.86 bits per heavy atom. The smallest absolute Gasteiger partial charge is 0.159 e. The molecule has 1 aromatic carbocycles. The van der Waals surface area contributed by atoms with Crippen LogP contribution in [0, 0.1) is 17.6 Å². The summed E-state index contributed by atoms with van der Waals surface area (Å²) in [5.41, 5.74) is 0.879. The highest BCUT2D eigenvalue weighted by Crippen LogP contribution is 2.42. The van der Waals surface area contributed by atoms with E-state index in [1.165, 1.54) is 25.0 Å². The number of rotatable bonds is 4. The fraction of sp³-hybridized carbons (Fsp3) is 0.647. The molecule has 0 aromatic heterocycles. The predicted molar refractivity (Wildman–Crippen MR) is 80.1 cm³/mol. The molecule has 2 nitrogen and oxygen atoms in total. The summed E-state index contributed by atoms with van der Waals surface area (Å²) in [6.45, 7) is 2.90. The van der Waals surface area contributed by atoms with E-state index in [-0.39, 0.29) is 6.04 Å². The predicted octanol–water partition coefficient (Wildman–Crippen LogP) is 3.49. The summed E-state index contributed by atoms with van der Waals surface area (Å²) in [5.74, 6) is -1.01. The van der Waals surface area contributed by atoms with Crippen LogP contribution >= 0.6 is 0 Å². The minimum atomic E-state index is -0.766. The Labute approximate surface area is 125 Å². The summed E-state index contributed by atoms with van der Waals surface area (Å²) in [4.78, 5) is 2.50. The van der Waals surface area contributed by atoms with Gasteiger partial charge in [0.15, 0.2) is 11.6 Å². The third-order valence-corrected chi connectivity index (χ3v) is 5.33. The number of nitrogens with zero attached hydrogens (tertiary/aromatic N) is 1. The van der Waals surface area contributed by atoms with Crippen LogP contribution in [-0.4, -0.2) is 30.6 Å². The van der Waals surface area contributed by atoms with E-state index in [4.69, 9.17) is 0 Å². The van der Waals surface area contributed by atoms with Crippen molar-refractivity contribution in [1.82, 2.24) is 10.2 Å². The van der Waals surface area contributed by atoms with Crippen LogP contribution in [0.2, 0.25) is 0 Å². The van der Waals surface area contributed by atoms with Crippen LogP contribution in [0.5, 0.6) is 0 Å². The Morgan fingerprint density at radius 1 is 1.19 bits per heavy atom. The lowest BCUT2D eigenvalue weighted by molar-refractivity contribution is 0.112. The van der Waals surface area contributed by atoms with E-state index in [0.29, 0.717) is 18.0 Å². The number of hydrogen-bond donors (Lipinski definition) is 1. The van der Waals surface area contributed by atoms with Crippen molar-refractivity contribution in [2.75, 3.05) is 13.6 Å². The molecule has 1 aromatic rings. The molecular weight excluding hydrogens is 270 g/mol. The van der Waals surface area contributed by atoms with E-state index in [2.05, 4.69) is 24.2 Å². The van der Waals surface area contributed by atoms with E-state index in [9.17, 15) is 8.78 Å². The lowest BCUT2D eigenvalue weighted by Crippen LogP contribution is -2.43. The van der Waals surface area contributed by atoms with Gasteiger partial charge < -0.3 is 10.2 Å². The Bertz CT molecular complexity index is 492. The van der Waals surface area contributed by atoms with Gasteiger partial charge in [-0.15, -0.1) is 0 Å². The zero-order valence-electron chi connectivity index (χ0n) is 12.8. The summed E-state index contributed by atoms with van der Waals surface area (Å²) < 4.78 is 26.7. The van der Waals surface area contributed by atoms with Gasteiger partial charge in [0.25, 0.3) is 0 Å². The molecule has 0 aliphatic carbocycles. The third-order valence-electron chi connectivity index (χ3n) is 5.33. The van der Waals surface area contributed by atoms with Gasteiger partial charge in [0.05, 0.1) is 0 Å². The van der Waals surface area contributed by atoms with Gasteiger partial charge in [-0.3, -0.25) is 0 Å². The molecule has 2 heterocycles. The largest absolute Gasteiger partial charge is 0.310 e. The van der Waals surface area contributed by atoms with E-state index in [1.807, 2.05) is 0 Å². The normalized spacial score (nSPS) is 30.6. The number of benzene rings is 1. The standard InChI is InChI=1S/C17H24F2N2/c1-3-20-17(11-4-7-15(18)16(19)10-11)12-8-13-5-6-14(9-12)21(13)2/h4,7,10,12-14,17,20H,3,5-6,8-9H2,1-2H3. The van der Waals surface area contributed by atoms with Crippen molar-refractivity contribution in [3.8, 4) is 0 Å². The first kappa shape index (κ1) is 14.9. The molecule has 0 radical (unpaired) electrons. The molecule has 0 amide bonds. The average Bonchev–Trinajstić information content (AvgIpc) is 2.70. The minimum absolute atomic E-state index is 0.127. The summed E-state index contributed by atoms with van der Waals surface area (Å²) in [6.07, 6.45) is 4.83. The summed E-state index contributed by atoms with van der Waals surface area (Å²) in [5, 5.41) is 3.49. The maximum atomic E-state index is 13.6. The molecule has 2 fully saturated rings.